The van der Waals surface area contributed by atoms with Crippen molar-refractivity contribution in [2.75, 3.05) is 20.2 Å². The topological polar surface area (TPSA) is 29.5 Å². The Bertz CT molecular complexity index is 922. The van der Waals surface area contributed by atoms with Crippen molar-refractivity contribution in [1.82, 2.24) is 4.90 Å². The van der Waals surface area contributed by atoms with Crippen LogP contribution in [0.2, 0.25) is 0 Å². The molecular weight excluding hydrogens is 386 g/mol. The van der Waals surface area contributed by atoms with Crippen LogP contribution < -0.4 is 4.74 Å². The lowest BCUT2D eigenvalue weighted by Crippen LogP contribution is -2.28. The van der Waals surface area contributed by atoms with Crippen LogP contribution in [0.1, 0.15) is 33.1 Å². The average molecular weight is 410 g/mol. The first-order valence-electron chi connectivity index (χ1n) is 9.42. The maximum absolute atomic E-state index is 13.2. The summed E-state index contributed by atoms with van der Waals surface area (Å²) >= 11 is 3.50. The highest BCUT2D eigenvalue weighted by Gasteiger charge is 2.29. The molecule has 2 heterocycles. The van der Waals surface area contributed by atoms with Crippen LogP contribution in [0.5, 0.6) is 5.75 Å². The van der Waals surface area contributed by atoms with Gasteiger partial charge in [0.1, 0.15) is 5.75 Å². The smallest absolute Gasteiger partial charge is 0.255 e. The average Bonchev–Trinajstić information content (AvgIpc) is 3.44. The molecule has 1 atom stereocenters. The second-order valence-electron chi connectivity index (χ2n) is 6.87. The summed E-state index contributed by atoms with van der Waals surface area (Å²) in [5, 5.41) is 2.09. The molecule has 28 heavy (non-hydrogen) atoms. The van der Waals surface area contributed by atoms with Crippen LogP contribution in [0.25, 0.3) is 0 Å². The predicted octanol–water partition coefficient (Wildman–Crippen LogP) is 5.68. The van der Waals surface area contributed by atoms with E-state index in [1.54, 1.807) is 30.2 Å². The number of rotatable bonds is 6. The van der Waals surface area contributed by atoms with E-state index in [1.807, 2.05) is 35.2 Å². The van der Waals surface area contributed by atoms with Crippen LogP contribution in [-0.2, 0) is 5.75 Å². The monoisotopic (exact) mass is 409 g/mol. The molecule has 1 aliphatic rings. The van der Waals surface area contributed by atoms with E-state index >= 15 is 0 Å². The summed E-state index contributed by atoms with van der Waals surface area (Å²) in [5.74, 6) is 2.30. The molecule has 3 aromatic rings. The van der Waals surface area contributed by atoms with Crippen molar-refractivity contribution >= 4 is 29.0 Å². The van der Waals surface area contributed by atoms with Crippen molar-refractivity contribution in [3.63, 3.8) is 0 Å². The number of nitrogens with zero attached hydrogens (tertiary/aromatic N) is 1. The molecule has 1 aromatic heterocycles. The van der Waals surface area contributed by atoms with Gasteiger partial charge in [-0.2, -0.15) is 0 Å². The van der Waals surface area contributed by atoms with Gasteiger partial charge in [0, 0.05) is 34.5 Å². The van der Waals surface area contributed by atoms with E-state index in [0.29, 0.717) is 5.92 Å². The van der Waals surface area contributed by atoms with Crippen LogP contribution in [-0.4, -0.2) is 31.0 Å². The van der Waals surface area contributed by atoms with Gasteiger partial charge in [0.05, 0.1) is 12.7 Å². The molecule has 0 N–H and O–H groups in total. The summed E-state index contributed by atoms with van der Waals surface area (Å²) in [7, 11) is 1.68. The van der Waals surface area contributed by atoms with Crippen molar-refractivity contribution in [3.05, 3.63) is 82.0 Å². The summed E-state index contributed by atoms with van der Waals surface area (Å²) in [5.41, 5.74) is 2.09. The van der Waals surface area contributed by atoms with Gasteiger partial charge in [0.25, 0.3) is 5.91 Å². The number of hydrogen-bond acceptors (Lipinski definition) is 4. The molecule has 3 nitrogen and oxygen atoms in total. The number of methoxy groups -OCH3 is 1. The number of thiophene rings is 1. The molecule has 1 amide bonds. The fourth-order valence-corrected chi connectivity index (χ4v) is 5.39. The number of carbonyl (C=O) groups is 1. The van der Waals surface area contributed by atoms with Gasteiger partial charge in [0.2, 0.25) is 0 Å². The van der Waals surface area contributed by atoms with E-state index < -0.39 is 0 Å². The van der Waals surface area contributed by atoms with Gasteiger partial charge < -0.3 is 9.64 Å². The maximum atomic E-state index is 13.2. The highest BCUT2D eigenvalue weighted by atomic mass is 32.2. The van der Waals surface area contributed by atoms with Gasteiger partial charge in [-0.05, 0) is 47.7 Å². The molecule has 0 aliphatic carbocycles. The lowest BCUT2D eigenvalue weighted by atomic mass is 9.98. The summed E-state index contributed by atoms with van der Waals surface area (Å²) in [6.07, 6.45) is 1.00. The number of hydrogen-bond donors (Lipinski definition) is 0. The minimum absolute atomic E-state index is 0.144. The number of carbonyl (C=O) groups excluding carboxylic acids is 1. The molecule has 0 spiro atoms. The van der Waals surface area contributed by atoms with Gasteiger partial charge in [-0.25, -0.2) is 0 Å². The quantitative estimate of drug-likeness (QED) is 0.491. The Balaban J connectivity index is 1.44. The zero-order valence-electron chi connectivity index (χ0n) is 15.8. The highest BCUT2D eigenvalue weighted by Crippen LogP contribution is 2.32. The molecule has 144 valence electrons. The molecule has 0 bridgehead atoms. The molecule has 1 saturated heterocycles. The molecule has 1 fully saturated rings. The van der Waals surface area contributed by atoms with Gasteiger partial charge in [0.15, 0.2) is 0 Å². The van der Waals surface area contributed by atoms with E-state index in [2.05, 4.69) is 35.7 Å². The summed E-state index contributed by atoms with van der Waals surface area (Å²) in [6, 6.07) is 20.4. The van der Waals surface area contributed by atoms with Crippen LogP contribution in [0.4, 0.5) is 0 Å². The molecule has 4 rings (SSSR count). The third-order valence-corrected chi connectivity index (χ3v) is 7.31. The Morgan fingerprint density at radius 1 is 1.14 bits per heavy atom. The first-order chi connectivity index (χ1) is 13.7. The van der Waals surface area contributed by atoms with Crippen LogP contribution in [0.3, 0.4) is 0 Å². The number of amides is 1. The van der Waals surface area contributed by atoms with Crippen LogP contribution >= 0.6 is 23.1 Å². The Labute approximate surface area is 174 Å². The molecule has 0 saturated carbocycles. The molecule has 1 aliphatic heterocycles. The number of ether oxygens (including phenoxy) is 1. The highest BCUT2D eigenvalue weighted by molar-refractivity contribution is 7.98. The van der Waals surface area contributed by atoms with Gasteiger partial charge >= 0.3 is 0 Å². The van der Waals surface area contributed by atoms with Gasteiger partial charge in [-0.15, -0.1) is 23.1 Å². The van der Waals surface area contributed by atoms with Crippen molar-refractivity contribution in [2.24, 2.45) is 0 Å². The Morgan fingerprint density at radius 2 is 1.96 bits per heavy atom. The molecular formula is C23H23NO2S2. The van der Waals surface area contributed by atoms with E-state index in [-0.39, 0.29) is 5.91 Å². The van der Waals surface area contributed by atoms with Crippen LogP contribution in [0.15, 0.2) is 70.9 Å². The van der Waals surface area contributed by atoms with E-state index in [4.69, 9.17) is 4.74 Å². The summed E-state index contributed by atoms with van der Waals surface area (Å²) < 4.78 is 5.25. The first kappa shape index (κ1) is 19.1. The zero-order chi connectivity index (χ0) is 19.3. The van der Waals surface area contributed by atoms with Gasteiger partial charge in [-0.3, -0.25) is 4.79 Å². The fourth-order valence-electron chi connectivity index (χ4n) is 3.58. The predicted molar refractivity (Wildman–Crippen MR) is 117 cm³/mol. The molecule has 5 heteroatoms. The van der Waals surface area contributed by atoms with E-state index in [1.165, 1.54) is 10.4 Å². The Hall–Kier alpha value is -2.24. The second-order valence-corrected chi connectivity index (χ2v) is 8.92. The normalized spacial score (nSPS) is 16.3. The molecule has 0 radical (unpaired) electrons. The minimum atomic E-state index is 0.144. The Morgan fingerprint density at radius 3 is 2.71 bits per heavy atom. The van der Waals surface area contributed by atoms with E-state index in [0.717, 1.165) is 41.5 Å². The minimum Gasteiger partial charge on any atom is -0.497 e. The van der Waals surface area contributed by atoms with Crippen molar-refractivity contribution in [3.8, 4) is 5.75 Å². The SMILES string of the molecule is COc1ccc(C2CCN(C(=O)c3ccccc3SCc3cccs3)C2)cc1. The molecule has 2 aromatic carbocycles. The standard InChI is InChI=1S/C23H23NO2S2/c1-26-19-10-8-17(9-11-19)18-12-13-24(15-18)23(25)21-6-2-3-7-22(21)28-16-20-5-4-14-27-20/h2-11,14,18H,12-13,15-16H2,1H3. The van der Waals surface area contributed by atoms with Crippen molar-refractivity contribution in [2.45, 2.75) is 23.0 Å². The maximum Gasteiger partial charge on any atom is 0.255 e. The lowest BCUT2D eigenvalue weighted by Gasteiger charge is -2.18. The first-order valence-corrected chi connectivity index (χ1v) is 11.3. The Kier molecular flexibility index (Phi) is 6.03. The fraction of sp³-hybridized carbons (Fsp3) is 0.261. The van der Waals surface area contributed by atoms with Crippen molar-refractivity contribution < 1.29 is 9.53 Å². The summed E-state index contributed by atoms with van der Waals surface area (Å²) in [4.78, 5) is 17.6. The van der Waals surface area contributed by atoms with Crippen LogP contribution in [0, 0.1) is 0 Å². The number of thioether (sulfide) groups is 1. The molecule has 1 unspecified atom stereocenters. The number of likely N-dealkylation sites (tertiary alicyclic amines) is 1. The largest absolute Gasteiger partial charge is 0.497 e. The van der Waals surface area contributed by atoms with Gasteiger partial charge in [-0.1, -0.05) is 30.3 Å². The third-order valence-electron chi connectivity index (χ3n) is 5.13. The number of benzene rings is 2. The summed E-state index contributed by atoms with van der Waals surface area (Å²) in [6.45, 7) is 1.58. The third kappa shape index (κ3) is 4.26. The second kappa shape index (κ2) is 8.84. The van der Waals surface area contributed by atoms with E-state index in [9.17, 15) is 4.79 Å². The van der Waals surface area contributed by atoms with Crippen molar-refractivity contribution in [1.29, 1.82) is 0 Å². The zero-order valence-corrected chi connectivity index (χ0v) is 17.5. The lowest BCUT2D eigenvalue weighted by molar-refractivity contribution is 0.0787.